The zero-order valence-electron chi connectivity index (χ0n) is 15.5. The Bertz CT molecular complexity index is 752. The van der Waals surface area contributed by atoms with Crippen molar-refractivity contribution in [1.82, 2.24) is 16.0 Å². The van der Waals surface area contributed by atoms with E-state index in [9.17, 15) is 19.2 Å². The zero-order chi connectivity index (χ0) is 20.0. The molecule has 1 atom stereocenters. The smallest absolute Gasteiger partial charge is 0.339 e. The van der Waals surface area contributed by atoms with Crippen LogP contribution < -0.4 is 16.0 Å². The van der Waals surface area contributed by atoms with Crippen LogP contribution >= 0.6 is 11.8 Å². The van der Waals surface area contributed by atoms with E-state index in [2.05, 4.69) is 16.0 Å². The molecular formula is C18H23N3O5S. The number of amides is 4. The standard InChI is InChI=1S/C18H23N3O5S/c1-11(2)8-19-14(22)9-26-15(23)12-6-4-5-7-13(12)27-10-18(3)16(24)20-17(25)21-18/h4-7,11H,8-10H2,1-3H3,(H,19,22)(H2,20,21,24,25)/t18-/m1/s1. The van der Waals surface area contributed by atoms with Gasteiger partial charge < -0.3 is 15.4 Å². The summed E-state index contributed by atoms with van der Waals surface area (Å²) in [6.07, 6.45) is 0. The maximum absolute atomic E-state index is 12.3. The summed E-state index contributed by atoms with van der Waals surface area (Å²) < 4.78 is 5.08. The van der Waals surface area contributed by atoms with Crippen LogP contribution in [0.15, 0.2) is 29.2 Å². The number of urea groups is 1. The molecule has 1 saturated heterocycles. The second-order valence-corrected chi connectivity index (χ2v) is 7.82. The number of carbonyl (C=O) groups is 4. The van der Waals surface area contributed by atoms with Gasteiger partial charge in [-0.2, -0.15) is 0 Å². The van der Waals surface area contributed by atoms with E-state index in [-0.39, 0.29) is 18.3 Å². The van der Waals surface area contributed by atoms with Gasteiger partial charge in [-0.1, -0.05) is 26.0 Å². The van der Waals surface area contributed by atoms with Gasteiger partial charge in [-0.05, 0) is 25.0 Å². The molecule has 146 valence electrons. The highest BCUT2D eigenvalue weighted by atomic mass is 32.2. The molecule has 0 bridgehead atoms. The Hall–Kier alpha value is -2.55. The van der Waals surface area contributed by atoms with Gasteiger partial charge in [0.1, 0.15) is 5.54 Å². The normalized spacial score (nSPS) is 18.8. The molecule has 9 heteroatoms. The van der Waals surface area contributed by atoms with Gasteiger partial charge in [-0.15, -0.1) is 11.8 Å². The van der Waals surface area contributed by atoms with Crippen LogP contribution in [0.3, 0.4) is 0 Å². The lowest BCUT2D eigenvalue weighted by atomic mass is 10.1. The number of carbonyl (C=O) groups excluding carboxylic acids is 4. The third-order valence-corrected chi connectivity index (χ3v) is 5.17. The maximum Gasteiger partial charge on any atom is 0.339 e. The van der Waals surface area contributed by atoms with Gasteiger partial charge in [0.05, 0.1) is 5.56 Å². The topological polar surface area (TPSA) is 114 Å². The van der Waals surface area contributed by atoms with Crippen molar-refractivity contribution in [3.8, 4) is 0 Å². The molecule has 3 N–H and O–H groups in total. The fourth-order valence-electron chi connectivity index (χ4n) is 2.24. The molecule has 27 heavy (non-hydrogen) atoms. The summed E-state index contributed by atoms with van der Waals surface area (Å²) in [6, 6.07) is 6.21. The van der Waals surface area contributed by atoms with Crippen LogP contribution in [0, 0.1) is 5.92 Å². The number of benzene rings is 1. The van der Waals surface area contributed by atoms with Crippen molar-refractivity contribution in [2.24, 2.45) is 5.92 Å². The molecule has 0 aliphatic carbocycles. The molecule has 1 aromatic rings. The van der Waals surface area contributed by atoms with E-state index in [1.807, 2.05) is 13.8 Å². The summed E-state index contributed by atoms with van der Waals surface area (Å²) >= 11 is 1.25. The molecule has 0 spiro atoms. The monoisotopic (exact) mass is 393 g/mol. The van der Waals surface area contributed by atoms with Gasteiger partial charge in [-0.3, -0.25) is 14.9 Å². The molecule has 2 rings (SSSR count). The van der Waals surface area contributed by atoms with Crippen LogP contribution in [0.4, 0.5) is 4.79 Å². The molecule has 1 aliphatic heterocycles. The highest BCUT2D eigenvalue weighted by molar-refractivity contribution is 7.99. The van der Waals surface area contributed by atoms with E-state index in [0.717, 1.165) is 0 Å². The Kier molecular flexibility index (Phi) is 6.84. The van der Waals surface area contributed by atoms with Crippen molar-refractivity contribution >= 4 is 35.6 Å². The first-order chi connectivity index (χ1) is 12.7. The minimum atomic E-state index is -1.06. The van der Waals surface area contributed by atoms with E-state index in [0.29, 0.717) is 22.9 Å². The summed E-state index contributed by atoms with van der Waals surface area (Å²) in [5.41, 5.74) is -0.761. The van der Waals surface area contributed by atoms with Crippen molar-refractivity contribution in [2.45, 2.75) is 31.2 Å². The van der Waals surface area contributed by atoms with E-state index < -0.39 is 23.4 Å². The number of hydrogen-bond donors (Lipinski definition) is 3. The highest BCUT2D eigenvalue weighted by Crippen LogP contribution is 2.28. The van der Waals surface area contributed by atoms with Crippen LogP contribution in [0.1, 0.15) is 31.1 Å². The summed E-state index contributed by atoms with van der Waals surface area (Å²) in [6.45, 7) is 5.69. The molecule has 0 saturated carbocycles. The predicted octanol–water partition coefficient (Wildman–Crippen LogP) is 1.31. The number of nitrogens with one attached hydrogen (secondary N) is 3. The number of esters is 1. The van der Waals surface area contributed by atoms with Crippen molar-refractivity contribution in [2.75, 3.05) is 18.9 Å². The zero-order valence-corrected chi connectivity index (χ0v) is 16.3. The van der Waals surface area contributed by atoms with Gasteiger partial charge in [0.25, 0.3) is 11.8 Å². The maximum atomic E-state index is 12.3. The number of imide groups is 1. The predicted molar refractivity (Wildman–Crippen MR) is 100 cm³/mol. The summed E-state index contributed by atoms with van der Waals surface area (Å²) in [5.74, 6) is -0.856. The molecular weight excluding hydrogens is 370 g/mol. The highest BCUT2D eigenvalue weighted by Gasteiger charge is 2.41. The quantitative estimate of drug-likeness (QED) is 0.349. The van der Waals surface area contributed by atoms with Crippen molar-refractivity contribution in [3.63, 3.8) is 0 Å². The Labute approximate surface area is 161 Å². The minimum Gasteiger partial charge on any atom is -0.452 e. The average molecular weight is 393 g/mol. The first-order valence-electron chi connectivity index (χ1n) is 8.50. The first-order valence-corrected chi connectivity index (χ1v) is 9.49. The van der Waals surface area contributed by atoms with E-state index in [1.165, 1.54) is 11.8 Å². The van der Waals surface area contributed by atoms with Crippen LogP contribution in [0.5, 0.6) is 0 Å². The third-order valence-electron chi connectivity index (χ3n) is 3.78. The van der Waals surface area contributed by atoms with Crippen LogP contribution in [-0.4, -0.2) is 48.3 Å². The molecule has 0 aromatic heterocycles. The summed E-state index contributed by atoms with van der Waals surface area (Å²) in [5, 5.41) is 7.44. The van der Waals surface area contributed by atoms with Gasteiger partial charge >= 0.3 is 12.0 Å². The molecule has 1 aromatic carbocycles. The second-order valence-electron chi connectivity index (χ2n) is 6.80. The Morgan fingerprint density at radius 1 is 1.26 bits per heavy atom. The number of ether oxygens (including phenoxy) is 1. The first kappa shape index (κ1) is 20.8. The SMILES string of the molecule is CC(C)CNC(=O)COC(=O)c1ccccc1SC[C@@]1(C)NC(=O)NC1=O. The average Bonchev–Trinajstić information content (AvgIpc) is 2.88. The van der Waals surface area contributed by atoms with Crippen LogP contribution in [0.25, 0.3) is 0 Å². The largest absolute Gasteiger partial charge is 0.452 e. The summed E-state index contributed by atoms with van der Waals surface area (Å²) in [7, 11) is 0. The second kappa shape index (κ2) is 8.90. The number of thioether (sulfide) groups is 1. The molecule has 1 aliphatic rings. The Morgan fingerprint density at radius 3 is 2.59 bits per heavy atom. The fourth-order valence-corrected chi connectivity index (χ4v) is 3.37. The third kappa shape index (κ3) is 5.72. The molecule has 8 nitrogen and oxygen atoms in total. The molecule has 0 radical (unpaired) electrons. The summed E-state index contributed by atoms with van der Waals surface area (Å²) in [4.78, 5) is 47.9. The van der Waals surface area contributed by atoms with Crippen molar-refractivity contribution in [3.05, 3.63) is 29.8 Å². The molecule has 4 amide bonds. The van der Waals surface area contributed by atoms with Crippen molar-refractivity contribution in [1.29, 1.82) is 0 Å². The van der Waals surface area contributed by atoms with Gasteiger partial charge in [0.2, 0.25) is 0 Å². The Balaban J connectivity index is 1.96. The van der Waals surface area contributed by atoms with E-state index in [4.69, 9.17) is 4.74 Å². The molecule has 0 unspecified atom stereocenters. The van der Waals surface area contributed by atoms with E-state index in [1.54, 1.807) is 31.2 Å². The fraction of sp³-hybridized carbons (Fsp3) is 0.444. The van der Waals surface area contributed by atoms with Gasteiger partial charge in [0.15, 0.2) is 6.61 Å². The van der Waals surface area contributed by atoms with Crippen LogP contribution in [-0.2, 0) is 14.3 Å². The van der Waals surface area contributed by atoms with Gasteiger partial charge in [-0.25, -0.2) is 9.59 Å². The Morgan fingerprint density at radius 2 is 1.96 bits per heavy atom. The lowest BCUT2D eigenvalue weighted by Gasteiger charge is -2.20. The lowest BCUT2D eigenvalue weighted by molar-refractivity contribution is -0.124. The van der Waals surface area contributed by atoms with Gasteiger partial charge in [0, 0.05) is 17.2 Å². The minimum absolute atomic E-state index is 0.240. The number of rotatable bonds is 8. The van der Waals surface area contributed by atoms with Crippen LogP contribution in [0.2, 0.25) is 0 Å². The molecule has 1 heterocycles. The molecule has 1 fully saturated rings. The van der Waals surface area contributed by atoms with Crippen molar-refractivity contribution < 1.29 is 23.9 Å². The lowest BCUT2D eigenvalue weighted by Crippen LogP contribution is -2.46. The number of hydrogen-bond acceptors (Lipinski definition) is 6. The van der Waals surface area contributed by atoms with E-state index >= 15 is 0 Å².